The molecule has 0 spiro atoms. The third-order valence-corrected chi connectivity index (χ3v) is 1.63. The maximum atomic E-state index is 9.46. The maximum absolute atomic E-state index is 9.46. The molecule has 0 aromatic rings. The van der Waals surface area contributed by atoms with Crippen LogP contribution in [0.3, 0.4) is 0 Å². The molecule has 1 N–H and O–H groups in total. The summed E-state index contributed by atoms with van der Waals surface area (Å²) in [7, 11) is 0. The summed E-state index contributed by atoms with van der Waals surface area (Å²) in [6.07, 6.45) is -0.818. The summed E-state index contributed by atoms with van der Waals surface area (Å²) in [5.41, 5.74) is 0. The first-order valence-corrected chi connectivity index (χ1v) is 5.86. The Morgan fingerprint density at radius 2 is 1.33 bits per heavy atom. The van der Waals surface area contributed by atoms with Gasteiger partial charge in [0.05, 0.1) is 13.2 Å². The monoisotopic (exact) mass is 262 g/mol. The molecular formula is C11H22N2O5. The average molecular weight is 262 g/mol. The van der Waals surface area contributed by atoms with Crippen molar-refractivity contribution in [1.29, 1.82) is 0 Å². The molecule has 0 saturated heterocycles. The zero-order valence-corrected chi connectivity index (χ0v) is 11.4. The second kappa shape index (κ2) is 10.6. The van der Waals surface area contributed by atoms with Crippen molar-refractivity contribution in [3.8, 4) is 0 Å². The lowest BCUT2D eigenvalue weighted by molar-refractivity contribution is -0.0193. The number of nitrogens with zero attached hydrogens (tertiary/aromatic N) is 2. The Kier molecular flexibility index (Phi) is 9.75. The number of hydrogen-bond donors (Lipinski definition) is 1. The zero-order valence-electron chi connectivity index (χ0n) is 11.4. The molecule has 0 rings (SSSR count). The SMILES string of the molecule is CCO/C(C)=N\OCC(O)CO/N=C(/C)OCC. The smallest absolute Gasteiger partial charge is 0.222 e. The number of oxime groups is 2. The molecular weight excluding hydrogens is 240 g/mol. The lowest BCUT2D eigenvalue weighted by Crippen LogP contribution is -2.20. The van der Waals surface area contributed by atoms with Crippen LogP contribution in [0.1, 0.15) is 27.7 Å². The number of aliphatic hydroxyl groups excluding tert-OH is 1. The van der Waals surface area contributed by atoms with E-state index in [1.165, 1.54) is 0 Å². The zero-order chi connectivity index (χ0) is 13.8. The first-order valence-electron chi connectivity index (χ1n) is 5.86. The van der Waals surface area contributed by atoms with Gasteiger partial charge in [0.25, 0.3) is 0 Å². The Hall–Kier alpha value is -1.50. The molecule has 106 valence electrons. The molecule has 0 aromatic heterocycles. The third kappa shape index (κ3) is 9.71. The van der Waals surface area contributed by atoms with Gasteiger partial charge in [-0.05, 0) is 13.8 Å². The van der Waals surface area contributed by atoms with Gasteiger partial charge < -0.3 is 24.3 Å². The second-order valence-electron chi connectivity index (χ2n) is 3.33. The summed E-state index contributed by atoms with van der Waals surface area (Å²) < 4.78 is 10.1. The van der Waals surface area contributed by atoms with Crippen molar-refractivity contribution >= 4 is 11.8 Å². The van der Waals surface area contributed by atoms with Crippen LogP contribution in [0.2, 0.25) is 0 Å². The average Bonchev–Trinajstić information content (AvgIpc) is 2.29. The number of hydrogen-bond acceptors (Lipinski definition) is 7. The Bertz CT molecular complexity index is 242. The second-order valence-corrected chi connectivity index (χ2v) is 3.33. The van der Waals surface area contributed by atoms with Crippen molar-refractivity contribution in [2.45, 2.75) is 33.8 Å². The Morgan fingerprint density at radius 3 is 1.67 bits per heavy atom. The Morgan fingerprint density at radius 1 is 0.944 bits per heavy atom. The standard InChI is InChI=1S/C11H22N2O5/c1-5-15-9(3)12-17-7-11(14)8-18-13-10(4)16-6-2/h11,14H,5-8H2,1-4H3/b12-9-,13-10-. The van der Waals surface area contributed by atoms with Crippen LogP contribution < -0.4 is 0 Å². The topological polar surface area (TPSA) is 81.9 Å². The summed E-state index contributed by atoms with van der Waals surface area (Å²) in [5, 5.41) is 16.8. The summed E-state index contributed by atoms with van der Waals surface area (Å²) in [6, 6.07) is 0. The molecule has 0 radical (unpaired) electrons. The van der Waals surface area contributed by atoms with Crippen LogP contribution in [0.15, 0.2) is 10.3 Å². The normalized spacial score (nSPS) is 14.1. The maximum Gasteiger partial charge on any atom is 0.222 e. The quantitative estimate of drug-likeness (QED) is 0.402. The molecule has 0 heterocycles. The van der Waals surface area contributed by atoms with Crippen molar-refractivity contribution in [2.24, 2.45) is 10.3 Å². The van der Waals surface area contributed by atoms with E-state index in [-0.39, 0.29) is 13.2 Å². The minimum Gasteiger partial charge on any atom is -0.479 e. The lowest BCUT2D eigenvalue weighted by Gasteiger charge is -2.08. The van der Waals surface area contributed by atoms with Gasteiger partial charge >= 0.3 is 0 Å². The van der Waals surface area contributed by atoms with Gasteiger partial charge in [-0.25, -0.2) is 0 Å². The minimum atomic E-state index is -0.818. The Balaban J connectivity index is 3.69. The van der Waals surface area contributed by atoms with E-state index in [4.69, 9.17) is 19.1 Å². The van der Waals surface area contributed by atoms with Crippen LogP contribution in [0.25, 0.3) is 0 Å². The van der Waals surface area contributed by atoms with Crippen molar-refractivity contribution in [2.75, 3.05) is 26.4 Å². The molecule has 18 heavy (non-hydrogen) atoms. The van der Waals surface area contributed by atoms with Crippen LogP contribution in [0.5, 0.6) is 0 Å². The summed E-state index contributed by atoms with van der Waals surface area (Å²) in [5.74, 6) is 0.826. The molecule has 0 amide bonds. The largest absolute Gasteiger partial charge is 0.479 e. The van der Waals surface area contributed by atoms with Crippen LogP contribution in [-0.2, 0) is 19.1 Å². The predicted molar refractivity (Wildman–Crippen MR) is 67.4 cm³/mol. The van der Waals surface area contributed by atoms with Gasteiger partial charge in [-0.15, -0.1) is 0 Å². The van der Waals surface area contributed by atoms with Crippen LogP contribution in [0.4, 0.5) is 0 Å². The molecule has 0 aliphatic heterocycles. The lowest BCUT2D eigenvalue weighted by atomic mass is 10.4. The highest BCUT2D eigenvalue weighted by molar-refractivity contribution is 5.72. The minimum absolute atomic E-state index is 0.00756. The highest BCUT2D eigenvalue weighted by Crippen LogP contribution is 1.92. The predicted octanol–water partition coefficient (Wildman–Crippen LogP) is 1.12. The van der Waals surface area contributed by atoms with E-state index in [1.54, 1.807) is 13.8 Å². The first-order chi connectivity index (χ1) is 8.60. The number of ether oxygens (including phenoxy) is 2. The third-order valence-electron chi connectivity index (χ3n) is 1.63. The number of aliphatic hydroxyl groups is 1. The van der Waals surface area contributed by atoms with Gasteiger partial charge in [0.1, 0.15) is 19.3 Å². The Labute approximate surface area is 107 Å². The molecule has 0 aliphatic rings. The number of rotatable bonds is 8. The van der Waals surface area contributed by atoms with Crippen molar-refractivity contribution < 1.29 is 24.3 Å². The van der Waals surface area contributed by atoms with E-state index >= 15 is 0 Å². The van der Waals surface area contributed by atoms with Crippen molar-refractivity contribution in [3.05, 3.63) is 0 Å². The summed E-state index contributed by atoms with van der Waals surface area (Å²) >= 11 is 0. The molecule has 0 aromatic carbocycles. The molecule has 0 saturated carbocycles. The molecule has 0 fully saturated rings. The first kappa shape index (κ1) is 16.5. The molecule has 0 aliphatic carbocycles. The van der Waals surface area contributed by atoms with Crippen LogP contribution in [0, 0.1) is 0 Å². The highest BCUT2D eigenvalue weighted by Gasteiger charge is 2.05. The fraction of sp³-hybridized carbons (Fsp3) is 0.818. The van der Waals surface area contributed by atoms with Crippen molar-refractivity contribution in [1.82, 2.24) is 0 Å². The van der Waals surface area contributed by atoms with E-state index in [0.29, 0.717) is 25.0 Å². The molecule has 7 nitrogen and oxygen atoms in total. The molecule has 0 unspecified atom stereocenters. The van der Waals surface area contributed by atoms with Gasteiger partial charge in [0.2, 0.25) is 11.8 Å². The van der Waals surface area contributed by atoms with Gasteiger partial charge in [-0.1, -0.05) is 10.3 Å². The highest BCUT2D eigenvalue weighted by atomic mass is 16.7. The molecule has 0 bridgehead atoms. The molecule has 0 atom stereocenters. The van der Waals surface area contributed by atoms with Crippen LogP contribution in [-0.4, -0.2) is 49.4 Å². The van der Waals surface area contributed by atoms with E-state index in [2.05, 4.69) is 10.3 Å². The van der Waals surface area contributed by atoms with E-state index < -0.39 is 6.10 Å². The van der Waals surface area contributed by atoms with E-state index in [1.807, 2.05) is 13.8 Å². The fourth-order valence-electron chi connectivity index (χ4n) is 0.947. The van der Waals surface area contributed by atoms with E-state index in [9.17, 15) is 5.11 Å². The van der Waals surface area contributed by atoms with Gasteiger partial charge in [-0.3, -0.25) is 0 Å². The van der Waals surface area contributed by atoms with Crippen LogP contribution >= 0.6 is 0 Å². The van der Waals surface area contributed by atoms with Crippen molar-refractivity contribution in [3.63, 3.8) is 0 Å². The fourth-order valence-corrected chi connectivity index (χ4v) is 0.947. The van der Waals surface area contributed by atoms with Gasteiger partial charge in [-0.2, -0.15) is 0 Å². The van der Waals surface area contributed by atoms with E-state index in [0.717, 1.165) is 0 Å². The van der Waals surface area contributed by atoms with Gasteiger partial charge in [0.15, 0.2) is 0 Å². The summed E-state index contributed by atoms with van der Waals surface area (Å²) in [4.78, 5) is 9.74. The summed E-state index contributed by atoms with van der Waals surface area (Å²) in [6.45, 7) is 8.10. The van der Waals surface area contributed by atoms with Gasteiger partial charge in [0, 0.05) is 13.8 Å². The molecule has 7 heteroatoms.